The Kier molecular flexibility index (Phi) is 6.80. The summed E-state index contributed by atoms with van der Waals surface area (Å²) in [7, 11) is 0. The fourth-order valence-electron chi connectivity index (χ4n) is 2.94. The molecule has 30 heavy (non-hydrogen) atoms. The van der Waals surface area contributed by atoms with Crippen molar-refractivity contribution in [2.45, 2.75) is 13.8 Å². The fraction of sp³-hybridized carbons (Fsp3) is 0.167. The molecule has 0 radical (unpaired) electrons. The molecule has 2 amide bonds. The van der Waals surface area contributed by atoms with Crippen molar-refractivity contribution in [1.82, 2.24) is 4.90 Å². The van der Waals surface area contributed by atoms with Gasteiger partial charge in [-0.15, -0.1) is 0 Å². The van der Waals surface area contributed by atoms with E-state index in [2.05, 4.69) is 5.32 Å². The van der Waals surface area contributed by atoms with Crippen LogP contribution in [0.15, 0.2) is 72.8 Å². The Morgan fingerprint density at radius 3 is 2.07 bits per heavy atom. The maximum absolute atomic E-state index is 13.0. The largest absolute Gasteiger partial charge is 0.457 e. The zero-order valence-electron chi connectivity index (χ0n) is 16.9. The van der Waals surface area contributed by atoms with Gasteiger partial charge in [0.15, 0.2) is 0 Å². The summed E-state index contributed by atoms with van der Waals surface area (Å²) >= 11 is 0. The highest BCUT2D eigenvalue weighted by Gasteiger charge is 2.14. The molecule has 3 aromatic rings. The number of nitrogens with one attached hydrogen (secondary N) is 1. The third-order valence-corrected chi connectivity index (χ3v) is 4.58. The van der Waals surface area contributed by atoms with Crippen LogP contribution in [0.1, 0.15) is 34.6 Å². The molecule has 0 saturated heterocycles. The van der Waals surface area contributed by atoms with E-state index in [-0.39, 0.29) is 17.6 Å². The van der Waals surface area contributed by atoms with Crippen molar-refractivity contribution in [3.63, 3.8) is 0 Å². The molecule has 0 aliphatic heterocycles. The van der Waals surface area contributed by atoms with Crippen molar-refractivity contribution >= 4 is 17.5 Å². The van der Waals surface area contributed by atoms with Gasteiger partial charge in [-0.05, 0) is 80.6 Å². The quantitative estimate of drug-likeness (QED) is 0.575. The smallest absolute Gasteiger partial charge is 0.255 e. The number of carbonyl (C=O) groups excluding carboxylic acids is 2. The monoisotopic (exact) mass is 406 g/mol. The molecule has 3 aromatic carbocycles. The lowest BCUT2D eigenvalue weighted by Gasteiger charge is -2.19. The zero-order chi connectivity index (χ0) is 21.5. The number of halogens is 1. The average Bonchev–Trinajstić information content (AvgIpc) is 2.77. The molecular formula is C24H23FN2O3. The minimum atomic E-state index is -0.336. The van der Waals surface area contributed by atoms with Gasteiger partial charge >= 0.3 is 0 Å². The highest BCUT2D eigenvalue weighted by Crippen LogP contribution is 2.22. The summed E-state index contributed by atoms with van der Waals surface area (Å²) in [5, 5.41) is 2.81. The van der Waals surface area contributed by atoms with Crippen molar-refractivity contribution in [2.24, 2.45) is 0 Å². The second-order valence-corrected chi connectivity index (χ2v) is 6.59. The third kappa shape index (κ3) is 5.23. The van der Waals surface area contributed by atoms with Crippen LogP contribution in [0.5, 0.6) is 11.5 Å². The SMILES string of the molecule is CCN(CC)C(=O)c1cccc(NC(=O)c2ccc(Oc3ccc(F)cc3)cc2)c1. The first-order chi connectivity index (χ1) is 14.5. The van der Waals surface area contributed by atoms with E-state index in [1.165, 1.54) is 24.3 Å². The summed E-state index contributed by atoms with van der Waals surface area (Å²) in [5.41, 5.74) is 1.52. The molecule has 5 nitrogen and oxygen atoms in total. The summed E-state index contributed by atoms with van der Waals surface area (Å²) in [6.07, 6.45) is 0. The number of rotatable bonds is 7. The summed E-state index contributed by atoms with van der Waals surface area (Å²) in [4.78, 5) is 26.8. The number of amides is 2. The minimum absolute atomic E-state index is 0.0709. The lowest BCUT2D eigenvalue weighted by atomic mass is 10.1. The van der Waals surface area contributed by atoms with Crippen LogP contribution in [0.2, 0.25) is 0 Å². The van der Waals surface area contributed by atoms with E-state index in [9.17, 15) is 14.0 Å². The number of benzene rings is 3. The van der Waals surface area contributed by atoms with Crippen molar-refractivity contribution in [1.29, 1.82) is 0 Å². The highest BCUT2D eigenvalue weighted by atomic mass is 19.1. The molecule has 3 rings (SSSR count). The van der Waals surface area contributed by atoms with Gasteiger partial charge in [-0.2, -0.15) is 0 Å². The molecule has 0 aromatic heterocycles. The summed E-state index contributed by atoms with van der Waals surface area (Å²) in [6, 6.07) is 19.2. The Morgan fingerprint density at radius 2 is 1.47 bits per heavy atom. The van der Waals surface area contributed by atoms with E-state index >= 15 is 0 Å². The van der Waals surface area contributed by atoms with Gasteiger partial charge in [0.25, 0.3) is 11.8 Å². The maximum Gasteiger partial charge on any atom is 0.255 e. The molecule has 0 spiro atoms. The van der Waals surface area contributed by atoms with E-state index in [4.69, 9.17) is 4.74 Å². The van der Waals surface area contributed by atoms with Crippen LogP contribution < -0.4 is 10.1 Å². The Labute approximate surface area is 175 Å². The van der Waals surface area contributed by atoms with Gasteiger partial charge in [0, 0.05) is 29.9 Å². The van der Waals surface area contributed by atoms with Crippen LogP contribution in [-0.4, -0.2) is 29.8 Å². The number of carbonyl (C=O) groups is 2. The first-order valence-electron chi connectivity index (χ1n) is 9.74. The average molecular weight is 406 g/mol. The van der Waals surface area contributed by atoms with Gasteiger partial charge in [-0.1, -0.05) is 6.07 Å². The molecule has 0 aliphatic carbocycles. The van der Waals surface area contributed by atoms with Crippen LogP contribution >= 0.6 is 0 Å². The molecular weight excluding hydrogens is 383 g/mol. The standard InChI is InChI=1S/C24H23FN2O3/c1-3-27(4-2)24(29)18-6-5-7-20(16-18)26-23(28)17-8-12-21(13-9-17)30-22-14-10-19(25)11-15-22/h5-16H,3-4H2,1-2H3,(H,26,28). The molecule has 0 bridgehead atoms. The van der Waals surface area contributed by atoms with Gasteiger partial charge < -0.3 is 15.0 Å². The highest BCUT2D eigenvalue weighted by molar-refractivity contribution is 6.05. The predicted molar refractivity (Wildman–Crippen MR) is 115 cm³/mol. The predicted octanol–water partition coefficient (Wildman–Crippen LogP) is 5.35. The second kappa shape index (κ2) is 9.69. The van der Waals surface area contributed by atoms with Crippen molar-refractivity contribution in [3.05, 3.63) is 89.7 Å². The molecule has 0 aliphatic rings. The Balaban J connectivity index is 1.66. The normalized spacial score (nSPS) is 10.4. The first kappa shape index (κ1) is 21.0. The van der Waals surface area contributed by atoms with Gasteiger partial charge in [0.05, 0.1) is 0 Å². The second-order valence-electron chi connectivity index (χ2n) is 6.59. The van der Waals surface area contributed by atoms with E-state index < -0.39 is 0 Å². The van der Waals surface area contributed by atoms with Gasteiger partial charge in [-0.25, -0.2) is 4.39 Å². The van der Waals surface area contributed by atoms with Crippen LogP contribution in [-0.2, 0) is 0 Å². The van der Waals surface area contributed by atoms with E-state index in [1.54, 1.807) is 53.4 Å². The lowest BCUT2D eigenvalue weighted by Crippen LogP contribution is -2.30. The van der Waals surface area contributed by atoms with Crippen molar-refractivity contribution < 1.29 is 18.7 Å². The van der Waals surface area contributed by atoms with Crippen LogP contribution in [0.3, 0.4) is 0 Å². The van der Waals surface area contributed by atoms with Crippen LogP contribution in [0.25, 0.3) is 0 Å². The molecule has 1 N–H and O–H groups in total. The number of nitrogens with zero attached hydrogens (tertiary/aromatic N) is 1. The lowest BCUT2D eigenvalue weighted by molar-refractivity contribution is 0.0772. The summed E-state index contributed by atoms with van der Waals surface area (Å²) in [5.74, 6) is 0.333. The Morgan fingerprint density at radius 1 is 0.867 bits per heavy atom. The zero-order valence-corrected chi connectivity index (χ0v) is 16.9. The van der Waals surface area contributed by atoms with Crippen molar-refractivity contribution in [2.75, 3.05) is 18.4 Å². The molecule has 154 valence electrons. The van der Waals surface area contributed by atoms with Gasteiger partial charge in [0.1, 0.15) is 17.3 Å². The summed E-state index contributed by atoms with van der Waals surface area (Å²) < 4.78 is 18.6. The fourth-order valence-corrected chi connectivity index (χ4v) is 2.94. The minimum Gasteiger partial charge on any atom is -0.457 e. The van der Waals surface area contributed by atoms with Crippen LogP contribution in [0.4, 0.5) is 10.1 Å². The number of hydrogen-bond acceptors (Lipinski definition) is 3. The molecule has 0 saturated carbocycles. The number of hydrogen-bond donors (Lipinski definition) is 1. The van der Waals surface area contributed by atoms with Crippen molar-refractivity contribution in [3.8, 4) is 11.5 Å². The van der Waals surface area contributed by atoms with E-state index in [0.717, 1.165) is 0 Å². The Bertz CT molecular complexity index is 1010. The number of anilines is 1. The van der Waals surface area contributed by atoms with Gasteiger partial charge in [-0.3, -0.25) is 9.59 Å². The first-order valence-corrected chi connectivity index (χ1v) is 9.74. The van der Waals surface area contributed by atoms with Crippen LogP contribution in [0, 0.1) is 5.82 Å². The number of ether oxygens (including phenoxy) is 1. The molecule has 0 unspecified atom stereocenters. The molecule has 0 heterocycles. The third-order valence-electron chi connectivity index (χ3n) is 4.58. The molecule has 0 atom stereocenters. The van der Waals surface area contributed by atoms with E-state index in [0.29, 0.717) is 41.4 Å². The molecule has 6 heteroatoms. The molecule has 0 fully saturated rings. The van der Waals surface area contributed by atoms with Gasteiger partial charge in [0.2, 0.25) is 0 Å². The summed E-state index contributed by atoms with van der Waals surface area (Å²) in [6.45, 7) is 5.10. The maximum atomic E-state index is 13.0. The Hall–Kier alpha value is -3.67. The van der Waals surface area contributed by atoms with E-state index in [1.807, 2.05) is 13.8 Å². The topological polar surface area (TPSA) is 58.6 Å².